The molecule has 0 bridgehead atoms. The van der Waals surface area contributed by atoms with Gasteiger partial charge in [0, 0.05) is 43.9 Å². The van der Waals surface area contributed by atoms with Crippen LogP contribution in [0.3, 0.4) is 0 Å². The summed E-state index contributed by atoms with van der Waals surface area (Å²) in [7, 11) is -2.37. The third-order valence-electron chi connectivity index (χ3n) is 9.54. The van der Waals surface area contributed by atoms with Crippen LogP contribution in [0.5, 0.6) is 0 Å². The van der Waals surface area contributed by atoms with Gasteiger partial charge in [-0.25, -0.2) is 4.79 Å². The number of carbonyl (C=O) groups is 4. The number of hydrogen-bond donors (Lipinski definition) is 4. The maximum atomic E-state index is 13.3. The monoisotopic (exact) mass is 1010 g/mol. The SMILES string of the molecule is CC.CC.CCC.CSC.Cc1ccc(NC(=O)Nc2cc(CCC(=O)OCOC(=O)CCCNC(=O)C(C)S(N)(Cc3ccccc3)OCc3ccccc3)ccc2N(CC(C)C)CC(C)C)cc1. The van der Waals surface area contributed by atoms with E-state index < -0.39 is 34.5 Å². The molecule has 2 unspecified atom stereocenters. The Labute approximate surface area is 429 Å². The lowest BCUT2D eigenvalue weighted by molar-refractivity contribution is -0.167. The fourth-order valence-electron chi connectivity index (χ4n) is 6.37. The molecule has 0 aliphatic carbocycles. The van der Waals surface area contributed by atoms with E-state index in [1.165, 1.54) is 6.42 Å². The molecule has 0 aliphatic rings. The van der Waals surface area contributed by atoms with Crippen LogP contribution < -0.4 is 26.0 Å². The van der Waals surface area contributed by atoms with Gasteiger partial charge in [0.2, 0.25) is 12.7 Å². The molecule has 0 aromatic heterocycles. The van der Waals surface area contributed by atoms with Gasteiger partial charge in [0.05, 0.1) is 23.2 Å². The van der Waals surface area contributed by atoms with Crippen LogP contribution in [0.1, 0.15) is 124 Å². The number of carbonyl (C=O) groups excluding carboxylic acids is 4. The van der Waals surface area contributed by atoms with Gasteiger partial charge in [-0.1, -0.05) is 171 Å². The van der Waals surface area contributed by atoms with E-state index in [9.17, 15) is 19.2 Å². The van der Waals surface area contributed by atoms with E-state index in [0.29, 0.717) is 41.8 Å². The summed E-state index contributed by atoms with van der Waals surface area (Å²) in [5.41, 5.74) is 6.08. The second-order valence-corrected chi connectivity index (χ2v) is 20.6. The minimum absolute atomic E-state index is 0.0195. The minimum atomic E-state index is -2.37. The largest absolute Gasteiger partial charge is 0.428 e. The number of rotatable bonds is 23. The molecule has 0 fully saturated rings. The number of urea groups is 1. The maximum absolute atomic E-state index is 13.3. The third kappa shape index (κ3) is 28.0. The second kappa shape index (κ2) is 38.7. The summed E-state index contributed by atoms with van der Waals surface area (Å²) in [5, 5.41) is 15.1. The summed E-state index contributed by atoms with van der Waals surface area (Å²) < 4.78 is 16.6. The van der Waals surface area contributed by atoms with Crippen LogP contribution in [-0.4, -0.2) is 68.1 Å². The number of nitrogens with zero attached hydrogens (tertiary/aromatic N) is 1. The number of hydrogen-bond acceptors (Lipinski definition) is 10. The quantitative estimate of drug-likeness (QED) is 0.0320. The van der Waals surface area contributed by atoms with Gasteiger partial charge in [-0.15, -0.1) is 0 Å². The molecule has 4 aromatic rings. The fourth-order valence-corrected chi connectivity index (χ4v) is 8.42. The Morgan fingerprint density at radius 1 is 0.700 bits per heavy atom. The lowest BCUT2D eigenvalue weighted by atomic mass is 10.1. The van der Waals surface area contributed by atoms with Gasteiger partial charge >= 0.3 is 18.0 Å². The summed E-state index contributed by atoms with van der Waals surface area (Å²) >= 11 is 1.75. The molecule has 12 nitrogen and oxygen atoms in total. The number of nitrogens with two attached hydrogens (primary N) is 1. The van der Waals surface area contributed by atoms with Gasteiger partial charge in [-0.2, -0.15) is 11.8 Å². The molecule has 4 rings (SSSR count). The van der Waals surface area contributed by atoms with E-state index >= 15 is 0 Å². The van der Waals surface area contributed by atoms with Gasteiger partial charge in [0.25, 0.3) is 0 Å². The lowest BCUT2D eigenvalue weighted by Crippen LogP contribution is -2.40. The highest BCUT2D eigenvalue weighted by Crippen LogP contribution is 2.50. The van der Waals surface area contributed by atoms with E-state index in [0.717, 1.165) is 41.0 Å². The van der Waals surface area contributed by atoms with Gasteiger partial charge in [-0.05, 0) is 92.0 Å². The summed E-state index contributed by atoms with van der Waals surface area (Å²) in [6, 6.07) is 32.4. The number of ether oxygens (including phenoxy) is 2. The molecule has 0 heterocycles. The van der Waals surface area contributed by atoms with Crippen molar-refractivity contribution in [1.29, 1.82) is 0 Å². The van der Waals surface area contributed by atoms with Crippen LogP contribution in [0.15, 0.2) is 103 Å². The number of nitrogens with one attached hydrogen (secondary N) is 3. The first-order valence-corrected chi connectivity index (χ1v) is 28.3. The molecule has 0 aliphatic heterocycles. The summed E-state index contributed by atoms with van der Waals surface area (Å²) in [5.74, 6) is -0.142. The third-order valence-corrected chi connectivity index (χ3v) is 12.3. The van der Waals surface area contributed by atoms with Crippen molar-refractivity contribution in [1.82, 2.24) is 5.32 Å². The van der Waals surface area contributed by atoms with Crippen molar-refractivity contribution in [2.75, 3.05) is 54.5 Å². The first-order valence-electron chi connectivity index (χ1n) is 24.8. The van der Waals surface area contributed by atoms with E-state index in [2.05, 4.69) is 62.4 Å². The van der Waals surface area contributed by atoms with E-state index in [4.69, 9.17) is 18.8 Å². The molecule has 5 N–H and O–H groups in total. The number of anilines is 3. The summed E-state index contributed by atoms with van der Waals surface area (Å²) in [6.07, 6.45) is 6.07. The molecule has 0 radical (unpaired) electrons. The van der Waals surface area contributed by atoms with Gasteiger partial charge in [0.15, 0.2) is 0 Å². The summed E-state index contributed by atoms with van der Waals surface area (Å²) in [6.45, 7) is 26.3. The predicted octanol–water partition coefficient (Wildman–Crippen LogP) is 13.5. The van der Waals surface area contributed by atoms with Crippen molar-refractivity contribution in [2.45, 2.75) is 133 Å². The van der Waals surface area contributed by atoms with Crippen molar-refractivity contribution in [3.05, 3.63) is 125 Å². The molecular weight excluding hydrogens is 919 g/mol. The summed E-state index contributed by atoms with van der Waals surface area (Å²) in [4.78, 5) is 53.8. The fraction of sp³-hybridized carbons (Fsp3) is 0.500. The van der Waals surface area contributed by atoms with Gasteiger partial charge < -0.3 is 34.5 Å². The average Bonchev–Trinajstić information content (AvgIpc) is 3.34. The number of amides is 3. The Hall–Kier alpha value is -5.02. The molecule has 14 heteroatoms. The average molecular weight is 1010 g/mol. The van der Waals surface area contributed by atoms with Crippen molar-refractivity contribution >= 4 is 63.2 Å². The molecule has 0 spiro atoms. The van der Waals surface area contributed by atoms with Crippen LogP contribution in [0.2, 0.25) is 0 Å². The Morgan fingerprint density at radius 2 is 1.21 bits per heavy atom. The van der Waals surface area contributed by atoms with Gasteiger partial charge in [-0.3, -0.25) is 19.5 Å². The van der Waals surface area contributed by atoms with E-state index in [-0.39, 0.29) is 37.9 Å². The highest BCUT2D eigenvalue weighted by molar-refractivity contribution is 8.28. The van der Waals surface area contributed by atoms with Crippen LogP contribution in [0.4, 0.5) is 21.9 Å². The molecule has 0 saturated heterocycles. The van der Waals surface area contributed by atoms with Crippen molar-refractivity contribution in [3.8, 4) is 0 Å². The topological polar surface area (TPSA) is 161 Å². The smallest absolute Gasteiger partial charge is 0.323 e. The predicted molar refractivity (Wildman–Crippen MR) is 300 cm³/mol. The second-order valence-electron chi connectivity index (χ2n) is 16.9. The first-order chi connectivity index (χ1) is 33.5. The highest BCUT2D eigenvalue weighted by Gasteiger charge is 2.33. The first kappa shape index (κ1) is 65.0. The van der Waals surface area contributed by atoms with E-state index in [1.54, 1.807) is 18.7 Å². The number of aryl methyl sites for hydroxylation is 2. The number of esters is 2. The van der Waals surface area contributed by atoms with Crippen LogP contribution in [-0.2, 0) is 46.8 Å². The van der Waals surface area contributed by atoms with Gasteiger partial charge in [0.1, 0.15) is 0 Å². The molecule has 0 saturated carbocycles. The van der Waals surface area contributed by atoms with E-state index in [1.807, 2.05) is 150 Å². The Morgan fingerprint density at radius 3 is 1.74 bits per heavy atom. The normalized spacial score (nSPS) is 12.0. The van der Waals surface area contributed by atoms with Crippen molar-refractivity contribution in [3.63, 3.8) is 0 Å². The molecular formula is C56H89N5O7S2. The standard InChI is InChI=1S/C47H63N5O7S.C3H8.C2H6S.2C2H6/c1-34(2)29-52(30-35(3)4)43-25-21-38(28-42(43)51-47(56)50-41-23-19-36(5)20-24-41)22-26-45(54)58-33-57-44(53)18-13-27-49-46(55)37(6)60(48,32-40-16-11-8-12-17-40)59-31-39-14-9-7-10-15-39;2*1-3-2;2*1-2/h7-12,14-17,19-21,23-25,28,34-35,37H,13,18,22,26-27,29-33,48H2,1-6H3,(H,49,55)(H2,50,51,56);3H2,1-2H3;1-2H3;2*1-2H3. The Bertz CT molecular complexity index is 2000. The van der Waals surface area contributed by atoms with Crippen molar-refractivity contribution in [2.24, 2.45) is 17.0 Å². The Balaban J connectivity index is 0.00000441. The molecule has 70 heavy (non-hydrogen) atoms. The molecule has 3 amide bonds. The van der Waals surface area contributed by atoms with Crippen LogP contribution in [0, 0.1) is 18.8 Å². The minimum Gasteiger partial charge on any atom is -0.428 e. The molecule has 392 valence electrons. The maximum Gasteiger partial charge on any atom is 0.323 e. The zero-order chi connectivity index (χ0) is 52.9. The van der Waals surface area contributed by atoms with Crippen LogP contribution in [0.25, 0.3) is 0 Å². The number of benzene rings is 4. The van der Waals surface area contributed by atoms with Crippen LogP contribution >= 0.6 is 22.3 Å². The lowest BCUT2D eigenvalue weighted by Gasteiger charge is -2.40. The number of thioether (sulfide) groups is 1. The molecule has 4 aromatic carbocycles. The Kier molecular flexibility index (Phi) is 35.9. The zero-order valence-corrected chi connectivity index (χ0v) is 46.7. The van der Waals surface area contributed by atoms with Crippen molar-refractivity contribution < 1.29 is 32.8 Å². The zero-order valence-electron chi connectivity index (χ0n) is 45.0. The molecule has 2 atom stereocenters. The highest BCUT2D eigenvalue weighted by atomic mass is 32.3.